The first-order valence-electron chi connectivity index (χ1n) is 11.2. The van der Waals surface area contributed by atoms with Gasteiger partial charge in [0, 0.05) is 50.5 Å². The lowest BCUT2D eigenvalue weighted by Gasteiger charge is -2.34. The fraction of sp³-hybridized carbons (Fsp3) is 0.423. The zero-order valence-corrected chi connectivity index (χ0v) is 18.8. The third-order valence-corrected chi connectivity index (χ3v) is 5.56. The summed E-state index contributed by atoms with van der Waals surface area (Å²) in [6, 6.07) is 16.0. The summed E-state index contributed by atoms with van der Waals surface area (Å²) in [5.41, 5.74) is 2.84. The summed E-state index contributed by atoms with van der Waals surface area (Å²) in [5.74, 6) is 0.847. The monoisotopic (exact) mass is 422 g/mol. The Morgan fingerprint density at radius 1 is 1.06 bits per heavy atom. The maximum Gasteiger partial charge on any atom is 0.253 e. The summed E-state index contributed by atoms with van der Waals surface area (Å²) in [4.78, 5) is 17.4. The molecule has 0 unspecified atom stereocenters. The van der Waals surface area contributed by atoms with Crippen molar-refractivity contribution < 1.29 is 14.3 Å². The molecule has 1 heterocycles. The van der Waals surface area contributed by atoms with Crippen molar-refractivity contribution in [2.24, 2.45) is 0 Å². The highest BCUT2D eigenvalue weighted by atomic mass is 16.5. The minimum atomic E-state index is 0.0805. The Balaban J connectivity index is 1.52. The molecule has 31 heavy (non-hydrogen) atoms. The van der Waals surface area contributed by atoms with Gasteiger partial charge in [0.15, 0.2) is 0 Å². The first-order chi connectivity index (χ1) is 15.2. The van der Waals surface area contributed by atoms with Gasteiger partial charge in [-0.1, -0.05) is 55.8 Å². The second kappa shape index (κ2) is 12.3. The number of carbonyl (C=O) groups is 1. The van der Waals surface area contributed by atoms with Crippen LogP contribution in [-0.4, -0.2) is 62.1 Å². The van der Waals surface area contributed by atoms with E-state index in [4.69, 9.17) is 9.47 Å². The van der Waals surface area contributed by atoms with E-state index in [-0.39, 0.29) is 5.91 Å². The molecule has 0 radical (unpaired) electrons. The molecule has 0 spiro atoms. The Morgan fingerprint density at radius 2 is 1.84 bits per heavy atom. The molecule has 0 aromatic heterocycles. The number of carbonyl (C=O) groups excluding carboxylic acids is 1. The van der Waals surface area contributed by atoms with Gasteiger partial charge in [0.1, 0.15) is 5.75 Å². The van der Waals surface area contributed by atoms with E-state index in [9.17, 15) is 4.79 Å². The first kappa shape index (κ1) is 23.0. The number of ether oxygens (including phenoxy) is 2. The molecule has 1 saturated heterocycles. The number of rotatable bonds is 10. The van der Waals surface area contributed by atoms with E-state index in [1.54, 1.807) is 7.11 Å². The van der Waals surface area contributed by atoms with Gasteiger partial charge in [0.05, 0.1) is 13.7 Å². The van der Waals surface area contributed by atoms with Crippen molar-refractivity contribution in [2.45, 2.75) is 26.4 Å². The number of piperazine rings is 1. The van der Waals surface area contributed by atoms with Crippen molar-refractivity contribution in [1.29, 1.82) is 0 Å². The molecule has 0 bridgehead atoms. The SMILES string of the molecule is CCCCOCc1cc(C(=O)N2CCN(C/C=C/c3ccccc3)CC2)ccc1OC. The van der Waals surface area contributed by atoms with E-state index >= 15 is 0 Å². The number of unbranched alkanes of at least 4 members (excludes halogenated alkanes) is 1. The van der Waals surface area contributed by atoms with Gasteiger partial charge in [-0.2, -0.15) is 0 Å². The molecule has 0 atom stereocenters. The number of benzene rings is 2. The summed E-state index contributed by atoms with van der Waals surface area (Å²) in [6.07, 6.45) is 6.48. The van der Waals surface area contributed by atoms with Crippen LogP contribution >= 0.6 is 0 Å². The van der Waals surface area contributed by atoms with Gasteiger partial charge in [0.25, 0.3) is 5.91 Å². The third kappa shape index (κ3) is 6.94. The van der Waals surface area contributed by atoms with E-state index in [2.05, 4.69) is 36.1 Å². The molecule has 1 amide bonds. The lowest BCUT2D eigenvalue weighted by molar-refractivity contribution is 0.0649. The first-order valence-corrected chi connectivity index (χ1v) is 11.2. The maximum atomic E-state index is 13.0. The normalized spacial score (nSPS) is 14.8. The van der Waals surface area contributed by atoms with Crippen molar-refractivity contribution >= 4 is 12.0 Å². The molecule has 1 aliphatic rings. The highest BCUT2D eigenvalue weighted by molar-refractivity contribution is 5.94. The van der Waals surface area contributed by atoms with Gasteiger partial charge >= 0.3 is 0 Å². The zero-order valence-electron chi connectivity index (χ0n) is 18.8. The minimum absolute atomic E-state index is 0.0805. The van der Waals surface area contributed by atoms with Crippen LogP contribution in [0.2, 0.25) is 0 Å². The number of methoxy groups -OCH3 is 1. The lowest BCUT2D eigenvalue weighted by atomic mass is 10.1. The quantitative estimate of drug-likeness (QED) is 0.530. The van der Waals surface area contributed by atoms with Crippen molar-refractivity contribution in [3.63, 3.8) is 0 Å². The van der Waals surface area contributed by atoms with Crippen LogP contribution in [-0.2, 0) is 11.3 Å². The molecule has 3 rings (SSSR count). The Kier molecular flexibility index (Phi) is 9.13. The van der Waals surface area contributed by atoms with Crippen molar-refractivity contribution in [3.8, 4) is 5.75 Å². The highest BCUT2D eigenvalue weighted by Crippen LogP contribution is 2.22. The molecule has 2 aromatic rings. The van der Waals surface area contributed by atoms with E-state index in [0.29, 0.717) is 12.2 Å². The van der Waals surface area contributed by atoms with E-state index in [0.717, 1.165) is 63.5 Å². The molecule has 0 aliphatic carbocycles. The van der Waals surface area contributed by atoms with Crippen LogP contribution in [0.15, 0.2) is 54.6 Å². The van der Waals surface area contributed by atoms with Crippen LogP contribution in [0.3, 0.4) is 0 Å². The largest absolute Gasteiger partial charge is 0.496 e. The molecular weight excluding hydrogens is 388 g/mol. The summed E-state index contributed by atoms with van der Waals surface area (Å²) in [7, 11) is 1.65. The molecule has 1 aliphatic heterocycles. The fourth-order valence-corrected chi connectivity index (χ4v) is 3.67. The molecule has 5 heteroatoms. The van der Waals surface area contributed by atoms with Crippen molar-refractivity contribution in [1.82, 2.24) is 9.80 Å². The standard InChI is InChI=1S/C26H34N2O3/c1-3-4-19-31-21-24-20-23(12-13-25(24)30-2)26(29)28-17-15-27(16-18-28)14-8-11-22-9-6-5-7-10-22/h5-13,20H,3-4,14-19,21H2,1-2H3/b11-8+. The van der Waals surface area contributed by atoms with Crippen molar-refractivity contribution in [2.75, 3.05) is 46.4 Å². The van der Waals surface area contributed by atoms with E-state index in [1.165, 1.54) is 5.56 Å². The van der Waals surface area contributed by atoms with Crippen LogP contribution in [0.1, 0.15) is 41.3 Å². The lowest BCUT2D eigenvalue weighted by Crippen LogP contribution is -2.48. The Hall–Kier alpha value is -2.63. The Bertz CT molecular complexity index is 843. The Morgan fingerprint density at radius 3 is 2.55 bits per heavy atom. The van der Waals surface area contributed by atoms with Gasteiger partial charge < -0.3 is 14.4 Å². The van der Waals surface area contributed by atoms with Gasteiger partial charge in [-0.05, 0) is 30.2 Å². The van der Waals surface area contributed by atoms with Crippen LogP contribution in [0.5, 0.6) is 5.75 Å². The third-order valence-electron chi connectivity index (χ3n) is 5.56. The average Bonchev–Trinajstić information content (AvgIpc) is 2.82. The molecule has 0 saturated carbocycles. The van der Waals surface area contributed by atoms with Crippen molar-refractivity contribution in [3.05, 3.63) is 71.3 Å². The zero-order chi connectivity index (χ0) is 21.9. The predicted molar refractivity (Wildman–Crippen MR) is 125 cm³/mol. The maximum absolute atomic E-state index is 13.0. The number of hydrogen-bond acceptors (Lipinski definition) is 4. The average molecular weight is 423 g/mol. The van der Waals surface area contributed by atoms with Gasteiger partial charge in [0.2, 0.25) is 0 Å². The second-order valence-electron chi connectivity index (χ2n) is 7.84. The topological polar surface area (TPSA) is 42.0 Å². The summed E-state index contributed by atoms with van der Waals surface area (Å²) in [5, 5.41) is 0. The molecule has 166 valence electrons. The molecule has 1 fully saturated rings. The second-order valence-corrected chi connectivity index (χ2v) is 7.84. The van der Waals surface area contributed by atoms with Crippen LogP contribution in [0.25, 0.3) is 6.08 Å². The van der Waals surface area contributed by atoms with Crippen LogP contribution in [0, 0.1) is 0 Å². The summed E-state index contributed by atoms with van der Waals surface area (Å²) >= 11 is 0. The molecule has 2 aromatic carbocycles. The fourth-order valence-electron chi connectivity index (χ4n) is 3.67. The van der Waals surface area contributed by atoms with Crippen LogP contribution in [0.4, 0.5) is 0 Å². The summed E-state index contributed by atoms with van der Waals surface area (Å²) < 4.78 is 11.2. The van der Waals surface area contributed by atoms with Crippen LogP contribution < -0.4 is 4.74 Å². The minimum Gasteiger partial charge on any atom is -0.496 e. The van der Waals surface area contributed by atoms with E-state index < -0.39 is 0 Å². The molecule has 0 N–H and O–H groups in total. The van der Waals surface area contributed by atoms with Gasteiger partial charge in [-0.3, -0.25) is 9.69 Å². The summed E-state index contributed by atoms with van der Waals surface area (Å²) in [6.45, 7) is 7.48. The van der Waals surface area contributed by atoms with Gasteiger partial charge in [-0.15, -0.1) is 0 Å². The number of amides is 1. The highest BCUT2D eigenvalue weighted by Gasteiger charge is 2.22. The molecule has 5 nitrogen and oxygen atoms in total. The molecular formula is C26H34N2O3. The smallest absolute Gasteiger partial charge is 0.253 e. The predicted octanol–water partition coefficient (Wildman–Crippen LogP) is 4.48. The number of hydrogen-bond donors (Lipinski definition) is 0. The van der Waals surface area contributed by atoms with Gasteiger partial charge in [-0.25, -0.2) is 0 Å². The number of nitrogens with zero attached hydrogens (tertiary/aromatic N) is 2. The van der Waals surface area contributed by atoms with E-state index in [1.807, 2.05) is 41.3 Å². The Labute approximate surface area is 186 Å².